The Morgan fingerprint density at radius 3 is 2.33 bits per heavy atom. The van der Waals surface area contributed by atoms with Crippen LogP contribution in [-0.4, -0.2) is 19.0 Å². The Kier molecular flexibility index (Phi) is 7.22. The second kappa shape index (κ2) is 9.40. The van der Waals surface area contributed by atoms with E-state index in [0.717, 1.165) is 30.1 Å². The molecule has 2 rings (SSSR count). The van der Waals surface area contributed by atoms with Gasteiger partial charge in [-0.05, 0) is 44.5 Å². The van der Waals surface area contributed by atoms with Crippen molar-refractivity contribution in [2.24, 2.45) is 0 Å². The highest BCUT2D eigenvalue weighted by atomic mass is 32.1. The first-order valence-electron chi connectivity index (χ1n) is 8.54. The summed E-state index contributed by atoms with van der Waals surface area (Å²) in [5.74, 6) is -0.0577. The van der Waals surface area contributed by atoms with Crippen molar-refractivity contribution in [3.63, 3.8) is 0 Å². The Morgan fingerprint density at radius 1 is 1.08 bits per heavy atom. The first kappa shape index (κ1) is 18.4. The Morgan fingerprint density at radius 2 is 1.75 bits per heavy atom. The lowest BCUT2D eigenvalue weighted by Crippen LogP contribution is -3.10. The van der Waals surface area contributed by atoms with E-state index in [1.165, 1.54) is 10.4 Å². The maximum Gasteiger partial charge on any atom is 0.244 e. The number of amides is 1. The van der Waals surface area contributed by atoms with E-state index in [0.29, 0.717) is 6.54 Å². The van der Waals surface area contributed by atoms with Gasteiger partial charge >= 0.3 is 0 Å². The molecule has 0 aliphatic heterocycles. The van der Waals surface area contributed by atoms with Gasteiger partial charge in [0.15, 0.2) is 0 Å². The summed E-state index contributed by atoms with van der Waals surface area (Å²) in [7, 11) is 0. The van der Waals surface area contributed by atoms with Crippen LogP contribution in [0.2, 0.25) is 0 Å². The highest BCUT2D eigenvalue weighted by molar-refractivity contribution is 7.12. The second-order valence-corrected chi connectivity index (χ2v) is 7.27. The number of quaternary nitrogens is 1. The smallest absolute Gasteiger partial charge is 0.244 e. The van der Waals surface area contributed by atoms with Crippen molar-refractivity contribution in [1.82, 2.24) is 5.32 Å². The number of carbonyl (C=O) groups is 1. The predicted octanol–water partition coefficient (Wildman–Crippen LogP) is 2.81. The fraction of sp³-hybridized carbons (Fsp3) is 0.350. The standard InChI is InChI=1S/C20H26N2OS/c1-4-22(5-2)15-18-9-7-17(8-10-18)14-21-20(23)13-12-19-11-6-16(3)24-19/h6-13H,4-5,14-15H2,1-3H3,(H,21,23)/p+1/b13-12+. The van der Waals surface area contributed by atoms with Crippen molar-refractivity contribution in [3.05, 3.63) is 63.4 Å². The van der Waals surface area contributed by atoms with E-state index in [-0.39, 0.29) is 5.91 Å². The van der Waals surface area contributed by atoms with Gasteiger partial charge < -0.3 is 10.2 Å². The number of benzene rings is 1. The van der Waals surface area contributed by atoms with Gasteiger partial charge in [-0.3, -0.25) is 4.79 Å². The molecule has 2 N–H and O–H groups in total. The molecule has 1 aromatic carbocycles. The summed E-state index contributed by atoms with van der Waals surface area (Å²) in [6, 6.07) is 12.6. The zero-order valence-corrected chi connectivity index (χ0v) is 15.6. The van der Waals surface area contributed by atoms with Crippen LogP contribution in [0.25, 0.3) is 6.08 Å². The van der Waals surface area contributed by atoms with E-state index < -0.39 is 0 Å². The molecule has 1 heterocycles. The first-order valence-corrected chi connectivity index (χ1v) is 9.36. The van der Waals surface area contributed by atoms with Gasteiger partial charge in [-0.1, -0.05) is 24.3 Å². The van der Waals surface area contributed by atoms with Crippen LogP contribution in [0.5, 0.6) is 0 Å². The summed E-state index contributed by atoms with van der Waals surface area (Å²) in [6.07, 6.45) is 3.46. The third-order valence-electron chi connectivity index (χ3n) is 4.10. The van der Waals surface area contributed by atoms with E-state index in [1.54, 1.807) is 22.3 Å². The van der Waals surface area contributed by atoms with Gasteiger partial charge in [0.25, 0.3) is 0 Å². The number of nitrogens with one attached hydrogen (secondary N) is 2. The van der Waals surface area contributed by atoms with Crippen LogP contribution in [0, 0.1) is 6.92 Å². The van der Waals surface area contributed by atoms with Crippen molar-refractivity contribution >= 4 is 23.3 Å². The molecule has 0 saturated carbocycles. The number of hydrogen-bond acceptors (Lipinski definition) is 2. The molecule has 4 heteroatoms. The highest BCUT2D eigenvalue weighted by Crippen LogP contribution is 2.16. The molecule has 0 spiro atoms. The fourth-order valence-corrected chi connectivity index (χ4v) is 3.29. The first-order chi connectivity index (χ1) is 11.6. The fourth-order valence-electron chi connectivity index (χ4n) is 2.51. The van der Waals surface area contributed by atoms with E-state index in [9.17, 15) is 4.79 Å². The van der Waals surface area contributed by atoms with Crippen LogP contribution in [0.4, 0.5) is 0 Å². The van der Waals surface area contributed by atoms with E-state index in [1.807, 2.05) is 12.1 Å². The van der Waals surface area contributed by atoms with Gasteiger partial charge in [0.05, 0.1) is 13.1 Å². The molecular formula is C20H27N2OS+. The topological polar surface area (TPSA) is 33.5 Å². The summed E-state index contributed by atoms with van der Waals surface area (Å²) in [6.45, 7) is 10.4. The molecule has 0 radical (unpaired) electrons. The van der Waals surface area contributed by atoms with Gasteiger partial charge in [-0.15, -0.1) is 11.3 Å². The van der Waals surface area contributed by atoms with E-state index >= 15 is 0 Å². The molecule has 1 aromatic heterocycles. The molecule has 1 amide bonds. The van der Waals surface area contributed by atoms with Crippen LogP contribution in [0.1, 0.15) is 34.7 Å². The number of rotatable bonds is 8. The minimum Gasteiger partial charge on any atom is -0.348 e. The zero-order valence-electron chi connectivity index (χ0n) is 14.8. The van der Waals surface area contributed by atoms with Gasteiger partial charge in [0, 0.05) is 27.9 Å². The molecule has 2 aromatic rings. The minimum absolute atomic E-state index is 0.0577. The van der Waals surface area contributed by atoms with Crippen LogP contribution >= 0.6 is 11.3 Å². The average Bonchev–Trinajstić information content (AvgIpc) is 3.02. The maximum atomic E-state index is 11.9. The molecule has 0 unspecified atom stereocenters. The minimum atomic E-state index is -0.0577. The normalized spacial score (nSPS) is 11.3. The maximum absolute atomic E-state index is 11.9. The lowest BCUT2D eigenvalue weighted by Gasteiger charge is -2.15. The van der Waals surface area contributed by atoms with Gasteiger partial charge in [0.1, 0.15) is 6.54 Å². The lowest BCUT2D eigenvalue weighted by atomic mass is 10.1. The monoisotopic (exact) mass is 343 g/mol. The molecule has 0 bridgehead atoms. The largest absolute Gasteiger partial charge is 0.348 e. The van der Waals surface area contributed by atoms with E-state index in [2.05, 4.69) is 56.4 Å². The Hall–Kier alpha value is -1.91. The zero-order chi connectivity index (χ0) is 17.4. The Balaban J connectivity index is 1.81. The molecule has 128 valence electrons. The predicted molar refractivity (Wildman–Crippen MR) is 102 cm³/mol. The molecule has 0 aliphatic rings. The van der Waals surface area contributed by atoms with Crippen molar-refractivity contribution in [1.29, 1.82) is 0 Å². The number of hydrogen-bond donors (Lipinski definition) is 2. The molecule has 0 aliphatic carbocycles. The number of thiophene rings is 1. The molecule has 0 saturated heterocycles. The van der Waals surface area contributed by atoms with Gasteiger partial charge in [-0.2, -0.15) is 0 Å². The molecular weight excluding hydrogens is 316 g/mol. The number of carbonyl (C=O) groups excluding carboxylic acids is 1. The SMILES string of the molecule is CC[NH+](CC)Cc1ccc(CNC(=O)/C=C/c2ccc(C)s2)cc1. The van der Waals surface area contributed by atoms with Crippen molar-refractivity contribution in [2.45, 2.75) is 33.9 Å². The molecule has 0 fully saturated rings. The third kappa shape index (κ3) is 5.95. The van der Waals surface area contributed by atoms with Crippen molar-refractivity contribution < 1.29 is 9.69 Å². The molecule has 3 nitrogen and oxygen atoms in total. The number of aryl methyl sites for hydroxylation is 1. The van der Waals surface area contributed by atoms with Crippen molar-refractivity contribution in [3.8, 4) is 0 Å². The second-order valence-electron chi connectivity index (χ2n) is 5.95. The summed E-state index contributed by atoms with van der Waals surface area (Å²) < 4.78 is 0. The van der Waals surface area contributed by atoms with Gasteiger partial charge in [0.2, 0.25) is 5.91 Å². The molecule has 24 heavy (non-hydrogen) atoms. The summed E-state index contributed by atoms with van der Waals surface area (Å²) in [4.78, 5) is 15.8. The summed E-state index contributed by atoms with van der Waals surface area (Å²) in [5.41, 5.74) is 2.47. The van der Waals surface area contributed by atoms with Crippen molar-refractivity contribution in [2.75, 3.05) is 13.1 Å². The van der Waals surface area contributed by atoms with Gasteiger partial charge in [-0.25, -0.2) is 0 Å². The van der Waals surface area contributed by atoms with Crippen LogP contribution in [-0.2, 0) is 17.9 Å². The quantitative estimate of drug-likeness (QED) is 0.710. The van der Waals surface area contributed by atoms with Crippen LogP contribution in [0.15, 0.2) is 42.5 Å². The lowest BCUT2D eigenvalue weighted by molar-refractivity contribution is -0.910. The van der Waals surface area contributed by atoms with Crippen LogP contribution in [0.3, 0.4) is 0 Å². The summed E-state index contributed by atoms with van der Waals surface area (Å²) in [5, 5.41) is 2.93. The highest BCUT2D eigenvalue weighted by Gasteiger charge is 2.04. The Labute approximate surface area is 149 Å². The Bertz CT molecular complexity index is 669. The van der Waals surface area contributed by atoms with Crippen LogP contribution < -0.4 is 10.2 Å². The average molecular weight is 344 g/mol. The molecule has 0 atom stereocenters. The van der Waals surface area contributed by atoms with E-state index in [4.69, 9.17) is 0 Å². The summed E-state index contributed by atoms with van der Waals surface area (Å²) >= 11 is 1.69. The third-order valence-corrected chi connectivity index (χ3v) is 5.07.